The van der Waals surface area contributed by atoms with E-state index >= 15 is 0 Å². The van der Waals surface area contributed by atoms with E-state index < -0.39 is 21.9 Å². The number of ether oxygens (including phenoxy) is 1. The number of hydrogen-bond acceptors (Lipinski definition) is 4. The third-order valence-electron chi connectivity index (χ3n) is 4.10. The second-order valence-electron chi connectivity index (χ2n) is 5.82. The van der Waals surface area contributed by atoms with Gasteiger partial charge in [-0.15, -0.1) is 0 Å². The van der Waals surface area contributed by atoms with Crippen LogP contribution in [0.5, 0.6) is 0 Å². The van der Waals surface area contributed by atoms with Gasteiger partial charge in [0.1, 0.15) is 5.82 Å². The van der Waals surface area contributed by atoms with Crippen molar-refractivity contribution in [3.05, 3.63) is 71.0 Å². The third kappa shape index (κ3) is 4.04. The lowest BCUT2D eigenvalue weighted by molar-refractivity contribution is 0.0319. The van der Waals surface area contributed by atoms with Crippen molar-refractivity contribution in [3.8, 4) is 6.07 Å². The van der Waals surface area contributed by atoms with Crippen molar-refractivity contribution in [1.29, 1.82) is 5.26 Å². The van der Waals surface area contributed by atoms with Crippen molar-refractivity contribution in [2.75, 3.05) is 19.8 Å². The van der Waals surface area contributed by atoms with Crippen LogP contribution in [0, 0.1) is 17.1 Å². The molecule has 0 aliphatic carbocycles. The fourth-order valence-corrected chi connectivity index (χ4v) is 4.57. The van der Waals surface area contributed by atoms with Gasteiger partial charge in [0.05, 0.1) is 36.6 Å². The van der Waals surface area contributed by atoms with E-state index in [0.29, 0.717) is 23.3 Å². The molecule has 130 valence electrons. The highest BCUT2D eigenvalue weighted by molar-refractivity contribution is 7.88. The highest BCUT2D eigenvalue weighted by atomic mass is 32.2. The first-order valence-corrected chi connectivity index (χ1v) is 9.42. The zero-order valence-corrected chi connectivity index (χ0v) is 14.2. The van der Waals surface area contributed by atoms with Crippen LogP contribution in [0.15, 0.2) is 48.5 Å². The average Bonchev–Trinajstić information content (AvgIpc) is 2.62. The topological polar surface area (TPSA) is 70.4 Å². The van der Waals surface area contributed by atoms with Crippen LogP contribution >= 0.6 is 0 Å². The number of benzene rings is 2. The number of halogens is 1. The lowest BCUT2D eigenvalue weighted by atomic mass is 10.1. The van der Waals surface area contributed by atoms with Gasteiger partial charge in [-0.05, 0) is 35.4 Å². The summed E-state index contributed by atoms with van der Waals surface area (Å²) in [5, 5.41) is 8.83. The second kappa shape index (κ2) is 7.31. The molecule has 1 fully saturated rings. The molecule has 0 spiro atoms. The minimum absolute atomic E-state index is 0.176. The van der Waals surface area contributed by atoms with Gasteiger partial charge in [0, 0.05) is 6.54 Å². The summed E-state index contributed by atoms with van der Waals surface area (Å²) < 4.78 is 46.1. The molecule has 3 rings (SSSR count). The quantitative estimate of drug-likeness (QED) is 0.840. The normalized spacial score (nSPS) is 18.6. The van der Waals surface area contributed by atoms with E-state index in [4.69, 9.17) is 10.00 Å². The molecule has 1 aliphatic rings. The molecular weight excluding hydrogens is 343 g/mol. The summed E-state index contributed by atoms with van der Waals surface area (Å²) in [5.41, 5.74) is 1.65. The van der Waals surface area contributed by atoms with Gasteiger partial charge >= 0.3 is 0 Å². The molecule has 0 aromatic heterocycles. The summed E-state index contributed by atoms with van der Waals surface area (Å²) in [5.74, 6) is -0.586. The summed E-state index contributed by atoms with van der Waals surface area (Å²) in [6.07, 6.45) is 0. The van der Waals surface area contributed by atoms with Crippen LogP contribution in [0.4, 0.5) is 4.39 Å². The molecule has 1 atom stereocenters. The van der Waals surface area contributed by atoms with Gasteiger partial charge in [-0.1, -0.05) is 24.3 Å². The van der Waals surface area contributed by atoms with Gasteiger partial charge in [0.25, 0.3) is 0 Å². The van der Waals surface area contributed by atoms with E-state index in [1.54, 1.807) is 36.4 Å². The van der Waals surface area contributed by atoms with E-state index in [-0.39, 0.29) is 18.9 Å². The first-order chi connectivity index (χ1) is 12.0. The van der Waals surface area contributed by atoms with E-state index in [0.717, 1.165) is 0 Å². The Morgan fingerprint density at radius 2 is 2.00 bits per heavy atom. The molecule has 0 bridgehead atoms. The van der Waals surface area contributed by atoms with Gasteiger partial charge in [0.15, 0.2) is 0 Å². The Bertz CT molecular complexity index is 891. The smallest absolute Gasteiger partial charge is 0.219 e. The summed E-state index contributed by atoms with van der Waals surface area (Å²) in [7, 11) is -3.62. The van der Waals surface area contributed by atoms with Crippen LogP contribution in [0.3, 0.4) is 0 Å². The molecule has 0 N–H and O–H groups in total. The molecule has 1 aliphatic heterocycles. The van der Waals surface area contributed by atoms with Crippen LogP contribution in [-0.2, 0) is 20.5 Å². The number of rotatable bonds is 4. The van der Waals surface area contributed by atoms with Crippen molar-refractivity contribution in [1.82, 2.24) is 4.31 Å². The number of morpholine rings is 1. The lowest BCUT2D eigenvalue weighted by Crippen LogP contribution is -2.43. The Morgan fingerprint density at radius 1 is 1.24 bits per heavy atom. The van der Waals surface area contributed by atoms with Gasteiger partial charge in [-0.3, -0.25) is 0 Å². The fraction of sp³-hybridized carbons (Fsp3) is 0.278. The predicted octanol–water partition coefficient (Wildman–Crippen LogP) is 2.60. The molecule has 25 heavy (non-hydrogen) atoms. The van der Waals surface area contributed by atoms with Crippen molar-refractivity contribution < 1.29 is 17.5 Å². The molecule has 2 aromatic carbocycles. The average molecular weight is 360 g/mol. The van der Waals surface area contributed by atoms with Gasteiger partial charge < -0.3 is 4.74 Å². The summed E-state index contributed by atoms with van der Waals surface area (Å²) in [6, 6.07) is 13.8. The number of nitrogens with zero attached hydrogens (tertiary/aromatic N) is 2. The zero-order chi connectivity index (χ0) is 17.9. The first kappa shape index (κ1) is 17.5. The van der Waals surface area contributed by atoms with Crippen LogP contribution in [0.1, 0.15) is 22.7 Å². The van der Waals surface area contributed by atoms with Crippen molar-refractivity contribution in [2.24, 2.45) is 0 Å². The van der Waals surface area contributed by atoms with Crippen molar-refractivity contribution in [2.45, 2.75) is 11.8 Å². The van der Waals surface area contributed by atoms with E-state index in [1.165, 1.54) is 16.4 Å². The molecule has 2 aromatic rings. The molecule has 0 saturated carbocycles. The monoisotopic (exact) mass is 360 g/mol. The molecule has 0 radical (unpaired) electrons. The zero-order valence-electron chi connectivity index (χ0n) is 13.4. The maximum Gasteiger partial charge on any atom is 0.219 e. The summed E-state index contributed by atoms with van der Waals surface area (Å²) >= 11 is 0. The number of hydrogen-bond donors (Lipinski definition) is 0. The SMILES string of the molecule is N#Cc1ccc(CS(=O)(=O)N2CCOCC2c2cccc(F)c2)cc1. The largest absolute Gasteiger partial charge is 0.378 e. The molecule has 1 saturated heterocycles. The van der Waals surface area contributed by atoms with E-state index in [2.05, 4.69) is 0 Å². The van der Waals surface area contributed by atoms with Crippen LogP contribution in [-0.4, -0.2) is 32.5 Å². The maximum atomic E-state index is 13.5. The third-order valence-corrected chi connectivity index (χ3v) is 5.95. The number of sulfonamides is 1. The molecule has 7 heteroatoms. The Hall–Kier alpha value is -2.27. The minimum atomic E-state index is -3.62. The van der Waals surface area contributed by atoms with Gasteiger partial charge in [-0.25, -0.2) is 12.8 Å². The summed E-state index contributed by atoms with van der Waals surface area (Å²) in [6.45, 7) is 0.717. The van der Waals surface area contributed by atoms with Crippen molar-refractivity contribution >= 4 is 10.0 Å². The van der Waals surface area contributed by atoms with Crippen LogP contribution < -0.4 is 0 Å². The van der Waals surface area contributed by atoms with Gasteiger partial charge in [-0.2, -0.15) is 9.57 Å². The number of nitriles is 1. The Labute approximate surface area is 146 Å². The van der Waals surface area contributed by atoms with E-state index in [9.17, 15) is 12.8 Å². The minimum Gasteiger partial charge on any atom is -0.378 e. The highest BCUT2D eigenvalue weighted by Crippen LogP contribution is 2.29. The predicted molar refractivity (Wildman–Crippen MR) is 90.4 cm³/mol. The molecular formula is C18H17FN2O3S. The first-order valence-electron chi connectivity index (χ1n) is 7.81. The molecule has 1 unspecified atom stereocenters. The van der Waals surface area contributed by atoms with Gasteiger partial charge in [0.2, 0.25) is 10.0 Å². The van der Waals surface area contributed by atoms with Crippen LogP contribution in [0.2, 0.25) is 0 Å². The van der Waals surface area contributed by atoms with Crippen molar-refractivity contribution in [3.63, 3.8) is 0 Å². The molecule has 1 heterocycles. The fourth-order valence-electron chi connectivity index (χ4n) is 2.87. The Kier molecular flexibility index (Phi) is 5.13. The molecule has 0 amide bonds. The second-order valence-corrected chi connectivity index (χ2v) is 7.74. The Balaban J connectivity index is 1.86. The standard InChI is InChI=1S/C18H17FN2O3S/c19-17-3-1-2-16(10-17)18-12-24-9-8-21(18)25(22,23)13-15-6-4-14(11-20)5-7-15/h1-7,10,18H,8-9,12-13H2. The lowest BCUT2D eigenvalue weighted by Gasteiger charge is -2.35. The summed E-state index contributed by atoms with van der Waals surface area (Å²) in [4.78, 5) is 0. The van der Waals surface area contributed by atoms with Crippen LogP contribution in [0.25, 0.3) is 0 Å². The Morgan fingerprint density at radius 3 is 2.68 bits per heavy atom. The van der Waals surface area contributed by atoms with E-state index in [1.807, 2.05) is 6.07 Å². The molecule has 5 nitrogen and oxygen atoms in total. The highest BCUT2D eigenvalue weighted by Gasteiger charge is 2.34. The maximum absolute atomic E-state index is 13.5.